The van der Waals surface area contributed by atoms with Gasteiger partial charge in [-0.2, -0.15) is 0 Å². The Morgan fingerprint density at radius 3 is 2.43 bits per heavy atom. The molecular weight excluding hydrogens is 267 g/mol. The highest BCUT2D eigenvalue weighted by molar-refractivity contribution is 5.79. The molecule has 1 aliphatic carbocycles. The number of para-hydroxylation sites is 1. The van der Waals surface area contributed by atoms with Crippen LogP contribution in [-0.2, 0) is 4.79 Å². The fraction of sp³-hybridized carbons (Fsp3) is 0.588. The zero-order chi connectivity index (χ0) is 14.7. The van der Waals surface area contributed by atoms with Gasteiger partial charge in [0.1, 0.15) is 5.82 Å². The number of nitrogens with one attached hydrogen (secondary N) is 1. The van der Waals surface area contributed by atoms with E-state index in [0.717, 1.165) is 38.8 Å². The molecule has 3 nitrogen and oxygen atoms in total. The minimum absolute atomic E-state index is 0.0913. The van der Waals surface area contributed by atoms with Crippen LogP contribution in [0.15, 0.2) is 24.3 Å². The van der Waals surface area contributed by atoms with Crippen molar-refractivity contribution < 1.29 is 9.18 Å². The molecule has 1 saturated heterocycles. The maximum Gasteiger partial charge on any atom is 0.223 e. The summed E-state index contributed by atoms with van der Waals surface area (Å²) in [6, 6.07) is 7.27. The van der Waals surface area contributed by atoms with Crippen LogP contribution in [0, 0.1) is 11.7 Å². The molecule has 2 aliphatic rings. The molecule has 0 bridgehead atoms. The van der Waals surface area contributed by atoms with Crippen molar-refractivity contribution in [2.24, 2.45) is 5.92 Å². The van der Waals surface area contributed by atoms with Crippen molar-refractivity contribution in [1.29, 1.82) is 0 Å². The van der Waals surface area contributed by atoms with Crippen molar-refractivity contribution in [3.8, 4) is 0 Å². The van der Waals surface area contributed by atoms with Crippen LogP contribution in [0.5, 0.6) is 0 Å². The van der Waals surface area contributed by atoms with E-state index in [4.69, 9.17) is 0 Å². The second kappa shape index (κ2) is 6.46. The third-order valence-corrected chi connectivity index (χ3v) is 4.76. The van der Waals surface area contributed by atoms with Crippen LogP contribution >= 0.6 is 0 Å². The third kappa shape index (κ3) is 3.36. The summed E-state index contributed by atoms with van der Waals surface area (Å²) in [6.07, 6.45) is 6.34. The molecular formula is C17H23FN2O. The van der Waals surface area contributed by atoms with Gasteiger partial charge in [0.2, 0.25) is 5.91 Å². The molecule has 1 saturated carbocycles. The van der Waals surface area contributed by atoms with E-state index in [1.165, 1.54) is 18.9 Å². The molecule has 0 unspecified atom stereocenters. The summed E-state index contributed by atoms with van der Waals surface area (Å²) >= 11 is 0. The summed E-state index contributed by atoms with van der Waals surface area (Å²) in [5.41, 5.74) is 0.659. The van der Waals surface area contributed by atoms with Crippen molar-refractivity contribution >= 4 is 11.6 Å². The minimum atomic E-state index is -0.175. The van der Waals surface area contributed by atoms with E-state index in [1.54, 1.807) is 6.07 Å². The first-order valence-corrected chi connectivity index (χ1v) is 8.04. The summed E-state index contributed by atoms with van der Waals surface area (Å²) in [5.74, 6) is 0.120. The van der Waals surface area contributed by atoms with Gasteiger partial charge in [0.15, 0.2) is 0 Å². The largest absolute Gasteiger partial charge is 0.369 e. The molecule has 0 aromatic heterocycles. The number of rotatable bonds is 3. The van der Waals surface area contributed by atoms with Gasteiger partial charge in [0, 0.05) is 25.0 Å². The molecule has 1 aromatic carbocycles. The fourth-order valence-corrected chi connectivity index (χ4v) is 3.48. The summed E-state index contributed by atoms with van der Waals surface area (Å²) in [7, 11) is 0. The lowest BCUT2D eigenvalue weighted by Gasteiger charge is -2.33. The van der Waals surface area contributed by atoms with Crippen molar-refractivity contribution in [3.05, 3.63) is 30.1 Å². The number of benzene rings is 1. The van der Waals surface area contributed by atoms with Gasteiger partial charge in [0.05, 0.1) is 5.69 Å². The molecule has 114 valence electrons. The Balaban J connectivity index is 1.52. The Hall–Kier alpha value is -1.58. The maximum absolute atomic E-state index is 13.8. The van der Waals surface area contributed by atoms with Gasteiger partial charge in [-0.1, -0.05) is 25.0 Å². The monoisotopic (exact) mass is 290 g/mol. The molecule has 1 aliphatic heterocycles. The number of nitrogens with zero attached hydrogens (tertiary/aromatic N) is 1. The standard InChI is InChI=1S/C17H23FN2O/c18-15-7-3-4-8-16(15)20-11-9-13(10-12-20)17(21)19-14-5-1-2-6-14/h3-4,7-8,13-14H,1-2,5-6,9-12H2,(H,19,21). The number of halogens is 1. The Labute approximate surface area is 125 Å². The SMILES string of the molecule is O=C(NC1CCCC1)C1CCN(c2ccccc2F)CC1. The van der Waals surface area contributed by atoms with Gasteiger partial charge in [-0.3, -0.25) is 4.79 Å². The van der Waals surface area contributed by atoms with Gasteiger partial charge in [0.25, 0.3) is 0 Å². The van der Waals surface area contributed by atoms with Crippen molar-refractivity contribution in [2.75, 3.05) is 18.0 Å². The van der Waals surface area contributed by atoms with Gasteiger partial charge in [-0.05, 0) is 37.8 Å². The fourth-order valence-electron chi connectivity index (χ4n) is 3.48. The van der Waals surface area contributed by atoms with E-state index in [-0.39, 0.29) is 17.6 Å². The van der Waals surface area contributed by atoms with Gasteiger partial charge in [-0.15, -0.1) is 0 Å². The van der Waals surface area contributed by atoms with Gasteiger partial charge in [-0.25, -0.2) is 4.39 Å². The third-order valence-electron chi connectivity index (χ3n) is 4.76. The predicted octanol–water partition coefficient (Wildman–Crippen LogP) is 3.10. The molecule has 0 radical (unpaired) electrons. The highest BCUT2D eigenvalue weighted by Crippen LogP contribution is 2.26. The first-order chi connectivity index (χ1) is 10.2. The lowest BCUT2D eigenvalue weighted by Crippen LogP contribution is -2.43. The first-order valence-electron chi connectivity index (χ1n) is 8.04. The molecule has 0 atom stereocenters. The average Bonchev–Trinajstić information content (AvgIpc) is 3.01. The Kier molecular flexibility index (Phi) is 4.42. The van der Waals surface area contributed by atoms with E-state index in [9.17, 15) is 9.18 Å². The van der Waals surface area contributed by atoms with Crippen molar-refractivity contribution in [1.82, 2.24) is 5.32 Å². The van der Waals surface area contributed by atoms with E-state index in [0.29, 0.717) is 11.7 Å². The summed E-state index contributed by atoms with van der Waals surface area (Å²) in [5, 5.41) is 3.18. The van der Waals surface area contributed by atoms with Crippen LogP contribution in [0.1, 0.15) is 38.5 Å². The molecule has 21 heavy (non-hydrogen) atoms. The van der Waals surface area contributed by atoms with E-state index in [1.807, 2.05) is 12.1 Å². The zero-order valence-electron chi connectivity index (χ0n) is 12.4. The van der Waals surface area contributed by atoms with E-state index >= 15 is 0 Å². The molecule has 1 amide bonds. The Morgan fingerprint density at radius 2 is 1.76 bits per heavy atom. The molecule has 4 heteroatoms. The normalized spacial score (nSPS) is 20.7. The number of piperidine rings is 1. The topological polar surface area (TPSA) is 32.3 Å². The number of anilines is 1. The van der Waals surface area contributed by atoms with Crippen molar-refractivity contribution in [3.63, 3.8) is 0 Å². The van der Waals surface area contributed by atoms with Gasteiger partial charge >= 0.3 is 0 Å². The zero-order valence-corrected chi connectivity index (χ0v) is 12.4. The number of hydrogen-bond donors (Lipinski definition) is 1. The molecule has 3 rings (SSSR count). The highest BCUT2D eigenvalue weighted by Gasteiger charge is 2.28. The number of carbonyl (C=O) groups is 1. The Morgan fingerprint density at radius 1 is 1.10 bits per heavy atom. The lowest BCUT2D eigenvalue weighted by molar-refractivity contribution is -0.126. The maximum atomic E-state index is 13.8. The van der Waals surface area contributed by atoms with Crippen LogP contribution in [-0.4, -0.2) is 25.0 Å². The summed E-state index contributed by atoms with van der Waals surface area (Å²) in [4.78, 5) is 14.3. The predicted molar refractivity (Wildman–Crippen MR) is 81.7 cm³/mol. The smallest absolute Gasteiger partial charge is 0.223 e. The Bertz CT molecular complexity index is 491. The van der Waals surface area contributed by atoms with Crippen LogP contribution < -0.4 is 10.2 Å². The number of amides is 1. The van der Waals surface area contributed by atoms with Crippen LogP contribution in [0.25, 0.3) is 0 Å². The first kappa shape index (κ1) is 14.4. The molecule has 1 N–H and O–H groups in total. The number of hydrogen-bond acceptors (Lipinski definition) is 2. The second-order valence-corrected chi connectivity index (χ2v) is 6.20. The van der Waals surface area contributed by atoms with E-state index < -0.39 is 0 Å². The molecule has 0 spiro atoms. The average molecular weight is 290 g/mol. The molecule has 1 aromatic rings. The number of carbonyl (C=O) groups excluding carboxylic acids is 1. The van der Waals surface area contributed by atoms with Crippen LogP contribution in [0.4, 0.5) is 10.1 Å². The van der Waals surface area contributed by atoms with Crippen LogP contribution in [0.2, 0.25) is 0 Å². The second-order valence-electron chi connectivity index (χ2n) is 6.20. The lowest BCUT2D eigenvalue weighted by atomic mass is 9.95. The summed E-state index contributed by atoms with van der Waals surface area (Å²) in [6.45, 7) is 1.51. The molecule has 1 heterocycles. The van der Waals surface area contributed by atoms with Crippen LogP contribution in [0.3, 0.4) is 0 Å². The molecule has 2 fully saturated rings. The van der Waals surface area contributed by atoms with Crippen molar-refractivity contribution in [2.45, 2.75) is 44.6 Å². The van der Waals surface area contributed by atoms with E-state index in [2.05, 4.69) is 10.2 Å². The minimum Gasteiger partial charge on any atom is -0.369 e. The van der Waals surface area contributed by atoms with Gasteiger partial charge < -0.3 is 10.2 Å². The quantitative estimate of drug-likeness (QED) is 0.927. The highest BCUT2D eigenvalue weighted by atomic mass is 19.1. The summed E-state index contributed by atoms with van der Waals surface area (Å²) < 4.78 is 13.8.